The molecule has 0 spiro atoms. The summed E-state index contributed by atoms with van der Waals surface area (Å²) in [5.74, 6) is 0. The van der Waals surface area contributed by atoms with Crippen molar-refractivity contribution in [2.75, 3.05) is 13.2 Å². The number of hydrogen-bond acceptors (Lipinski definition) is 2. The lowest BCUT2D eigenvalue weighted by Crippen LogP contribution is -2.41. The summed E-state index contributed by atoms with van der Waals surface area (Å²) in [6, 6.07) is 0. The van der Waals surface area contributed by atoms with E-state index >= 15 is 0 Å². The van der Waals surface area contributed by atoms with Crippen molar-refractivity contribution in [2.24, 2.45) is 5.73 Å². The Balaban J connectivity index is 0. The van der Waals surface area contributed by atoms with Gasteiger partial charge in [0.2, 0.25) is 0 Å². The van der Waals surface area contributed by atoms with Gasteiger partial charge in [-0.1, -0.05) is 27.7 Å². The molecule has 12 heavy (non-hydrogen) atoms. The molecule has 0 atom stereocenters. The highest BCUT2D eigenvalue weighted by atomic mass is 16.5. The van der Waals surface area contributed by atoms with Gasteiger partial charge in [0.25, 0.3) is 0 Å². The van der Waals surface area contributed by atoms with Crippen LogP contribution in [-0.4, -0.2) is 18.8 Å². The minimum Gasteiger partial charge on any atom is -0.381 e. The van der Waals surface area contributed by atoms with E-state index < -0.39 is 0 Å². The summed E-state index contributed by atoms with van der Waals surface area (Å²) in [6.45, 7) is 11.8. The predicted molar refractivity (Wildman–Crippen MR) is 55.3 cm³/mol. The van der Waals surface area contributed by atoms with Crippen LogP contribution < -0.4 is 5.73 Å². The Morgan fingerprint density at radius 2 is 1.33 bits per heavy atom. The van der Waals surface area contributed by atoms with Gasteiger partial charge in [0, 0.05) is 18.8 Å². The first kappa shape index (κ1) is 14.4. The SMILES string of the molecule is CC.CC.CC1(N)CCOCC1. The average molecular weight is 175 g/mol. The summed E-state index contributed by atoms with van der Waals surface area (Å²) in [6.07, 6.45) is 2.01. The first-order valence-electron chi connectivity index (χ1n) is 5.07. The van der Waals surface area contributed by atoms with E-state index in [2.05, 4.69) is 6.92 Å². The average Bonchev–Trinajstić information content (AvgIpc) is 2.11. The molecule has 0 amide bonds. The van der Waals surface area contributed by atoms with Crippen molar-refractivity contribution < 1.29 is 4.74 Å². The van der Waals surface area contributed by atoms with Gasteiger partial charge >= 0.3 is 0 Å². The Morgan fingerprint density at radius 3 is 1.50 bits per heavy atom. The zero-order valence-electron chi connectivity index (χ0n) is 9.31. The Hall–Kier alpha value is -0.0800. The fourth-order valence-corrected chi connectivity index (χ4v) is 0.838. The third-order valence-electron chi connectivity index (χ3n) is 1.64. The van der Waals surface area contributed by atoms with Gasteiger partial charge in [0.1, 0.15) is 0 Å². The van der Waals surface area contributed by atoms with Gasteiger partial charge in [-0.25, -0.2) is 0 Å². The standard InChI is InChI=1S/C6H13NO.2C2H6/c1-6(7)2-4-8-5-3-6;2*1-2/h2-5,7H2,1H3;2*1-2H3. The fourth-order valence-electron chi connectivity index (χ4n) is 0.838. The van der Waals surface area contributed by atoms with E-state index in [1.54, 1.807) is 0 Å². The molecule has 0 saturated carbocycles. The van der Waals surface area contributed by atoms with Crippen LogP contribution in [0.15, 0.2) is 0 Å². The Bertz CT molecular complexity index is 73.9. The first-order valence-corrected chi connectivity index (χ1v) is 5.07. The van der Waals surface area contributed by atoms with E-state index in [-0.39, 0.29) is 5.54 Å². The number of hydrogen-bond donors (Lipinski definition) is 1. The van der Waals surface area contributed by atoms with Gasteiger partial charge in [-0.15, -0.1) is 0 Å². The lowest BCUT2D eigenvalue weighted by atomic mass is 9.94. The highest BCUT2D eigenvalue weighted by Crippen LogP contribution is 2.15. The van der Waals surface area contributed by atoms with Crippen molar-refractivity contribution in [2.45, 2.75) is 53.0 Å². The molecule has 0 aliphatic carbocycles. The van der Waals surface area contributed by atoms with Crippen molar-refractivity contribution in [1.82, 2.24) is 0 Å². The normalized spacial score (nSPS) is 19.5. The summed E-state index contributed by atoms with van der Waals surface area (Å²) < 4.78 is 5.13. The van der Waals surface area contributed by atoms with Crippen molar-refractivity contribution >= 4 is 0 Å². The van der Waals surface area contributed by atoms with Gasteiger partial charge in [0.15, 0.2) is 0 Å². The molecule has 0 aromatic carbocycles. The van der Waals surface area contributed by atoms with E-state index in [1.165, 1.54) is 0 Å². The van der Waals surface area contributed by atoms with E-state index in [1.807, 2.05) is 27.7 Å². The van der Waals surface area contributed by atoms with Crippen LogP contribution in [0, 0.1) is 0 Å². The predicted octanol–water partition coefficient (Wildman–Crippen LogP) is 2.57. The van der Waals surface area contributed by atoms with Crippen molar-refractivity contribution in [3.63, 3.8) is 0 Å². The minimum absolute atomic E-state index is 0.0538. The second-order valence-electron chi connectivity index (χ2n) is 2.77. The second-order valence-corrected chi connectivity index (χ2v) is 2.77. The molecule has 0 unspecified atom stereocenters. The summed E-state index contributed by atoms with van der Waals surface area (Å²) in [7, 11) is 0. The zero-order chi connectivity index (χ0) is 10.0. The molecular weight excluding hydrogens is 150 g/mol. The molecule has 1 aliphatic rings. The van der Waals surface area contributed by atoms with Gasteiger partial charge < -0.3 is 10.5 Å². The Labute approximate surface area is 77.5 Å². The van der Waals surface area contributed by atoms with Crippen LogP contribution in [0.4, 0.5) is 0 Å². The molecule has 0 radical (unpaired) electrons. The molecule has 1 aliphatic heterocycles. The fraction of sp³-hybridized carbons (Fsp3) is 1.00. The van der Waals surface area contributed by atoms with Crippen LogP contribution in [0.5, 0.6) is 0 Å². The maximum absolute atomic E-state index is 5.80. The number of ether oxygens (including phenoxy) is 1. The molecule has 0 bridgehead atoms. The van der Waals surface area contributed by atoms with Gasteiger partial charge in [-0.3, -0.25) is 0 Å². The third-order valence-corrected chi connectivity index (χ3v) is 1.64. The lowest BCUT2D eigenvalue weighted by Gasteiger charge is -2.28. The van der Waals surface area contributed by atoms with E-state index in [0.29, 0.717) is 0 Å². The molecule has 1 fully saturated rings. The molecule has 1 saturated heterocycles. The summed E-state index contributed by atoms with van der Waals surface area (Å²) in [4.78, 5) is 0. The molecular formula is C10H25NO. The maximum Gasteiger partial charge on any atom is 0.0483 e. The molecule has 2 nitrogen and oxygen atoms in total. The molecule has 2 heteroatoms. The zero-order valence-corrected chi connectivity index (χ0v) is 9.31. The lowest BCUT2D eigenvalue weighted by molar-refractivity contribution is 0.0594. The highest BCUT2D eigenvalue weighted by molar-refractivity contribution is 4.80. The highest BCUT2D eigenvalue weighted by Gasteiger charge is 2.21. The van der Waals surface area contributed by atoms with Crippen molar-refractivity contribution in [1.29, 1.82) is 0 Å². The van der Waals surface area contributed by atoms with Crippen LogP contribution in [0.3, 0.4) is 0 Å². The van der Waals surface area contributed by atoms with E-state index in [0.717, 1.165) is 26.1 Å². The molecule has 1 heterocycles. The number of rotatable bonds is 0. The largest absolute Gasteiger partial charge is 0.381 e. The Kier molecular flexibility index (Phi) is 10.8. The quantitative estimate of drug-likeness (QED) is 0.614. The molecule has 1 rings (SSSR count). The minimum atomic E-state index is 0.0538. The Morgan fingerprint density at radius 1 is 1.00 bits per heavy atom. The maximum atomic E-state index is 5.80. The molecule has 76 valence electrons. The van der Waals surface area contributed by atoms with Crippen molar-refractivity contribution in [3.05, 3.63) is 0 Å². The van der Waals surface area contributed by atoms with Crippen LogP contribution in [-0.2, 0) is 4.74 Å². The van der Waals surface area contributed by atoms with Gasteiger partial charge in [-0.05, 0) is 19.8 Å². The van der Waals surface area contributed by atoms with Crippen molar-refractivity contribution in [3.8, 4) is 0 Å². The van der Waals surface area contributed by atoms with Crippen LogP contribution >= 0.6 is 0 Å². The second kappa shape index (κ2) is 9.01. The molecule has 0 aromatic heterocycles. The van der Waals surface area contributed by atoms with Crippen LogP contribution in [0.25, 0.3) is 0 Å². The third kappa shape index (κ3) is 8.02. The van der Waals surface area contributed by atoms with E-state index in [9.17, 15) is 0 Å². The number of nitrogens with two attached hydrogens (primary N) is 1. The monoisotopic (exact) mass is 175 g/mol. The van der Waals surface area contributed by atoms with Gasteiger partial charge in [0.05, 0.1) is 0 Å². The topological polar surface area (TPSA) is 35.2 Å². The van der Waals surface area contributed by atoms with Gasteiger partial charge in [-0.2, -0.15) is 0 Å². The summed E-state index contributed by atoms with van der Waals surface area (Å²) in [5, 5.41) is 0. The summed E-state index contributed by atoms with van der Waals surface area (Å²) >= 11 is 0. The van der Waals surface area contributed by atoms with Crippen LogP contribution in [0.2, 0.25) is 0 Å². The summed E-state index contributed by atoms with van der Waals surface area (Å²) in [5.41, 5.74) is 5.85. The molecule has 0 aromatic rings. The smallest absolute Gasteiger partial charge is 0.0483 e. The first-order chi connectivity index (χ1) is 5.71. The van der Waals surface area contributed by atoms with E-state index in [4.69, 9.17) is 10.5 Å². The molecule has 2 N–H and O–H groups in total. The van der Waals surface area contributed by atoms with Crippen LogP contribution in [0.1, 0.15) is 47.5 Å².